The molecule has 186 valence electrons. The number of alkyl halides is 3. The van der Waals surface area contributed by atoms with E-state index in [0.717, 1.165) is 29.8 Å². The third-order valence-corrected chi connectivity index (χ3v) is 5.45. The number of carbonyl (C=O) groups is 1. The second-order valence-corrected chi connectivity index (χ2v) is 9.50. The topological polar surface area (TPSA) is 48.0 Å². The van der Waals surface area contributed by atoms with Gasteiger partial charge in [-0.1, -0.05) is 18.2 Å². The number of aryl methyl sites for hydroxylation is 1. The third-order valence-electron chi connectivity index (χ3n) is 5.45. The van der Waals surface area contributed by atoms with Gasteiger partial charge in [-0.3, -0.25) is 9.69 Å². The molecular weight excluding hydrogens is 447 g/mol. The van der Waals surface area contributed by atoms with Gasteiger partial charge in [0.05, 0.1) is 24.7 Å². The first kappa shape index (κ1) is 26.0. The highest BCUT2D eigenvalue weighted by atomic mass is 19.4. The van der Waals surface area contributed by atoms with Gasteiger partial charge < -0.3 is 14.2 Å². The molecule has 1 fully saturated rings. The number of esters is 1. The summed E-state index contributed by atoms with van der Waals surface area (Å²) in [6.07, 6.45) is -4.19. The predicted molar refractivity (Wildman–Crippen MR) is 123 cm³/mol. The average molecular weight is 480 g/mol. The molecule has 1 saturated heterocycles. The molecule has 0 radical (unpaired) electrons. The summed E-state index contributed by atoms with van der Waals surface area (Å²) in [6.45, 7) is 10.1. The van der Waals surface area contributed by atoms with Gasteiger partial charge in [0.2, 0.25) is 0 Å². The molecule has 5 nitrogen and oxygen atoms in total. The van der Waals surface area contributed by atoms with Crippen LogP contribution in [0.1, 0.15) is 55.5 Å². The molecule has 0 amide bonds. The number of hydrogen-bond acceptors (Lipinski definition) is 5. The number of ether oxygens (including phenoxy) is 3. The molecule has 0 spiro atoms. The van der Waals surface area contributed by atoms with Crippen molar-refractivity contribution in [2.24, 2.45) is 0 Å². The molecule has 1 aliphatic rings. The fraction of sp³-hybridized carbons (Fsp3) is 0.500. The minimum absolute atomic E-state index is 0.0427. The van der Waals surface area contributed by atoms with E-state index < -0.39 is 17.3 Å². The Bertz CT molecular complexity index is 985. The zero-order chi connectivity index (χ0) is 24.9. The number of hydrogen-bond donors (Lipinski definition) is 0. The molecule has 0 aliphatic carbocycles. The fourth-order valence-corrected chi connectivity index (χ4v) is 3.84. The van der Waals surface area contributed by atoms with Crippen molar-refractivity contribution in [1.29, 1.82) is 0 Å². The van der Waals surface area contributed by atoms with E-state index in [-0.39, 0.29) is 18.7 Å². The zero-order valence-corrected chi connectivity index (χ0v) is 20.1. The summed E-state index contributed by atoms with van der Waals surface area (Å²) in [5.41, 5.74) is 1.26. The van der Waals surface area contributed by atoms with Crippen LogP contribution in [0.3, 0.4) is 0 Å². The molecular formula is C26H32F3NO4. The minimum Gasteiger partial charge on any atom is -0.489 e. The first-order valence-corrected chi connectivity index (χ1v) is 11.4. The van der Waals surface area contributed by atoms with E-state index in [1.54, 1.807) is 12.1 Å². The number of carbonyl (C=O) groups excluding carboxylic acids is 1. The number of rotatable bonds is 7. The Hall–Kier alpha value is -2.58. The largest absolute Gasteiger partial charge is 0.489 e. The van der Waals surface area contributed by atoms with E-state index in [4.69, 9.17) is 14.2 Å². The Morgan fingerprint density at radius 2 is 1.91 bits per heavy atom. The lowest BCUT2D eigenvalue weighted by molar-refractivity contribution is -0.155. The van der Waals surface area contributed by atoms with Gasteiger partial charge in [0.15, 0.2) is 0 Å². The highest BCUT2D eigenvalue weighted by molar-refractivity contribution is 5.70. The van der Waals surface area contributed by atoms with Crippen LogP contribution in [-0.4, -0.2) is 42.7 Å². The summed E-state index contributed by atoms with van der Waals surface area (Å²) in [7, 11) is 0. The van der Waals surface area contributed by atoms with Gasteiger partial charge in [0.1, 0.15) is 18.0 Å². The number of benzene rings is 2. The molecule has 34 heavy (non-hydrogen) atoms. The van der Waals surface area contributed by atoms with Crippen LogP contribution in [-0.2, 0) is 27.1 Å². The van der Waals surface area contributed by atoms with Crippen LogP contribution in [0.25, 0.3) is 0 Å². The fourth-order valence-electron chi connectivity index (χ4n) is 3.84. The van der Waals surface area contributed by atoms with Gasteiger partial charge in [-0.15, -0.1) is 0 Å². The van der Waals surface area contributed by atoms with E-state index in [2.05, 4.69) is 4.90 Å². The van der Waals surface area contributed by atoms with Crippen LogP contribution < -0.4 is 4.74 Å². The Labute approximate surface area is 198 Å². The van der Waals surface area contributed by atoms with Gasteiger partial charge in [0, 0.05) is 19.6 Å². The molecule has 0 N–H and O–H groups in total. The van der Waals surface area contributed by atoms with Crippen molar-refractivity contribution >= 4 is 5.97 Å². The Kier molecular flexibility index (Phi) is 8.25. The van der Waals surface area contributed by atoms with Gasteiger partial charge in [0.25, 0.3) is 0 Å². The van der Waals surface area contributed by atoms with E-state index in [1.807, 2.05) is 39.8 Å². The summed E-state index contributed by atoms with van der Waals surface area (Å²) in [6, 6.07) is 10.7. The maximum atomic E-state index is 12.9. The molecule has 0 aromatic heterocycles. The summed E-state index contributed by atoms with van der Waals surface area (Å²) >= 11 is 0. The number of halogens is 3. The van der Waals surface area contributed by atoms with E-state index >= 15 is 0 Å². The summed E-state index contributed by atoms with van der Waals surface area (Å²) < 4.78 is 55.8. The van der Waals surface area contributed by atoms with Crippen molar-refractivity contribution in [2.75, 3.05) is 26.2 Å². The monoisotopic (exact) mass is 479 g/mol. The molecule has 3 rings (SSSR count). The van der Waals surface area contributed by atoms with E-state index in [9.17, 15) is 18.0 Å². The Balaban J connectivity index is 1.56. The highest BCUT2D eigenvalue weighted by Crippen LogP contribution is 2.31. The molecule has 1 aliphatic heterocycles. The van der Waals surface area contributed by atoms with Crippen LogP contribution in [0, 0.1) is 6.92 Å². The van der Waals surface area contributed by atoms with E-state index in [0.29, 0.717) is 37.4 Å². The summed E-state index contributed by atoms with van der Waals surface area (Å²) in [5.74, 6) is 0.366. The van der Waals surface area contributed by atoms with Gasteiger partial charge in [-0.05, 0) is 68.7 Å². The highest BCUT2D eigenvalue weighted by Gasteiger charge is 2.30. The van der Waals surface area contributed by atoms with Crippen LogP contribution in [0.4, 0.5) is 13.2 Å². The Morgan fingerprint density at radius 1 is 1.15 bits per heavy atom. The maximum Gasteiger partial charge on any atom is 0.416 e. The maximum absolute atomic E-state index is 12.9. The first-order valence-electron chi connectivity index (χ1n) is 11.4. The average Bonchev–Trinajstić information content (AvgIpc) is 2.75. The number of nitrogens with zero attached hydrogens (tertiary/aromatic N) is 1. The van der Waals surface area contributed by atoms with Crippen LogP contribution in [0.2, 0.25) is 0 Å². The van der Waals surface area contributed by atoms with Crippen LogP contribution >= 0.6 is 0 Å². The van der Waals surface area contributed by atoms with E-state index in [1.165, 1.54) is 6.07 Å². The second-order valence-electron chi connectivity index (χ2n) is 9.50. The third kappa shape index (κ3) is 7.74. The first-order chi connectivity index (χ1) is 15.9. The zero-order valence-electron chi connectivity index (χ0n) is 20.1. The molecule has 2 aromatic carbocycles. The Morgan fingerprint density at radius 3 is 2.59 bits per heavy atom. The molecule has 2 aromatic rings. The summed E-state index contributed by atoms with van der Waals surface area (Å²) in [4.78, 5) is 14.2. The smallest absolute Gasteiger partial charge is 0.416 e. The molecule has 8 heteroatoms. The molecule has 0 bridgehead atoms. The SMILES string of the molecule is Cc1cc(OCc2cccc(C(F)(F)F)c2)ccc1C1CN(CCC(=O)OC(C)(C)C)CCO1. The molecule has 1 heterocycles. The normalized spacial score (nSPS) is 17.4. The molecule has 0 saturated carbocycles. The van der Waals surface area contributed by atoms with Crippen molar-refractivity contribution in [3.8, 4) is 5.75 Å². The number of morpholine rings is 1. The lowest BCUT2D eigenvalue weighted by Gasteiger charge is -2.33. The van der Waals surface area contributed by atoms with Gasteiger partial charge in [-0.2, -0.15) is 13.2 Å². The van der Waals surface area contributed by atoms with Crippen molar-refractivity contribution in [2.45, 2.75) is 58.6 Å². The van der Waals surface area contributed by atoms with Crippen molar-refractivity contribution in [3.05, 3.63) is 64.7 Å². The van der Waals surface area contributed by atoms with Crippen molar-refractivity contribution in [1.82, 2.24) is 4.90 Å². The quantitative estimate of drug-likeness (QED) is 0.477. The van der Waals surface area contributed by atoms with Crippen molar-refractivity contribution in [3.63, 3.8) is 0 Å². The molecule has 1 unspecified atom stereocenters. The lowest BCUT2D eigenvalue weighted by Crippen LogP contribution is -2.40. The minimum atomic E-state index is -4.38. The van der Waals surface area contributed by atoms with Gasteiger partial charge in [-0.25, -0.2) is 0 Å². The second kappa shape index (κ2) is 10.8. The lowest BCUT2D eigenvalue weighted by atomic mass is 10.0. The predicted octanol–water partition coefficient (Wildman–Crippen LogP) is 5.70. The van der Waals surface area contributed by atoms with Crippen LogP contribution in [0.15, 0.2) is 42.5 Å². The van der Waals surface area contributed by atoms with Crippen LogP contribution in [0.5, 0.6) is 5.75 Å². The molecule has 1 atom stereocenters. The van der Waals surface area contributed by atoms with Gasteiger partial charge >= 0.3 is 12.1 Å². The standard InChI is InChI=1S/C26H32F3NO4/c1-18-14-21(33-17-19-6-5-7-20(15-19)26(27,28)29)8-9-22(18)23-16-30(12-13-32-23)11-10-24(31)34-25(2,3)4/h5-9,14-15,23H,10-13,16-17H2,1-4H3. The summed E-state index contributed by atoms with van der Waals surface area (Å²) in [5, 5.41) is 0. The van der Waals surface area contributed by atoms with Crippen molar-refractivity contribution < 1.29 is 32.2 Å².